The van der Waals surface area contributed by atoms with Gasteiger partial charge in [-0.3, -0.25) is 4.40 Å². The van der Waals surface area contributed by atoms with Crippen LogP contribution >= 0.6 is 0 Å². The van der Waals surface area contributed by atoms with Crippen LogP contribution in [0.25, 0.3) is 105 Å². The van der Waals surface area contributed by atoms with E-state index in [0.29, 0.717) is 0 Å². The smallest absolute Gasteiger partial charge is 0.213 e. The first-order valence-corrected chi connectivity index (χ1v) is 23.1. The van der Waals surface area contributed by atoms with Gasteiger partial charge in [0.25, 0.3) is 0 Å². The SMILES string of the molecule is CC1(C)c2cc(-c3cccc4oc5c(-c6ccccc6)c6ccccc6n5c34)ccc2-c2ccc(N(c3ccc(-c4ccccc4)cc3)c3ccc4c(c3)oc3ccc5ccccc5c34)cc21. The second-order valence-corrected chi connectivity index (χ2v) is 18.5. The van der Waals surface area contributed by atoms with Crippen LogP contribution in [0.15, 0.2) is 227 Å². The first-order chi connectivity index (χ1) is 33.0. The Morgan fingerprint density at radius 3 is 1.87 bits per heavy atom. The van der Waals surface area contributed by atoms with Gasteiger partial charge in [0.1, 0.15) is 11.2 Å². The molecule has 13 aromatic rings. The Kier molecular flexibility index (Phi) is 8.00. The summed E-state index contributed by atoms with van der Waals surface area (Å²) in [5, 5.41) is 5.86. The molecule has 4 heteroatoms. The molecule has 0 radical (unpaired) electrons. The Bertz CT molecular complexity index is 4120. The summed E-state index contributed by atoms with van der Waals surface area (Å²) in [6.45, 7) is 4.74. The summed E-state index contributed by atoms with van der Waals surface area (Å²) in [7, 11) is 0. The molecule has 0 atom stereocenters. The van der Waals surface area contributed by atoms with Crippen molar-refractivity contribution in [3.63, 3.8) is 0 Å². The third-order valence-electron chi connectivity index (χ3n) is 14.4. The van der Waals surface area contributed by atoms with Crippen molar-refractivity contribution >= 4 is 77.5 Å². The molecule has 0 bridgehead atoms. The standard InChI is InChI=1S/C63H42N2O2/c1-63(2)53-36-43(48-21-13-23-57-61(48)65-55-22-12-11-20-51(55)59(62(65)67-57)42-17-7-4-8-18-42)26-32-49(53)50-33-30-45(37-54(50)63)64(44-28-24-40(25-29-44)39-14-5-3-6-15-39)46-31-34-52-58(38-46)66-56-35-27-41-16-9-10-19-47(41)60(52)56/h3-38H,1-2H3. The molecule has 14 rings (SSSR count). The number of anilines is 3. The summed E-state index contributed by atoms with van der Waals surface area (Å²) < 4.78 is 15.8. The molecule has 10 aromatic carbocycles. The maximum absolute atomic E-state index is 6.82. The largest absolute Gasteiger partial charge is 0.456 e. The van der Waals surface area contributed by atoms with Crippen LogP contribution in [0.1, 0.15) is 25.0 Å². The van der Waals surface area contributed by atoms with Gasteiger partial charge in [-0.25, -0.2) is 0 Å². The van der Waals surface area contributed by atoms with E-state index >= 15 is 0 Å². The second-order valence-electron chi connectivity index (χ2n) is 18.5. The summed E-state index contributed by atoms with van der Waals surface area (Å²) in [5.41, 5.74) is 20.7. The van der Waals surface area contributed by atoms with E-state index in [9.17, 15) is 0 Å². The van der Waals surface area contributed by atoms with E-state index in [1.165, 1.54) is 55.1 Å². The third-order valence-corrected chi connectivity index (χ3v) is 14.4. The maximum Gasteiger partial charge on any atom is 0.213 e. The predicted octanol–water partition coefficient (Wildman–Crippen LogP) is 17.7. The highest BCUT2D eigenvalue weighted by molar-refractivity contribution is 6.19. The van der Waals surface area contributed by atoms with Gasteiger partial charge in [0, 0.05) is 50.3 Å². The molecule has 0 unspecified atom stereocenters. The lowest BCUT2D eigenvalue weighted by Gasteiger charge is -2.28. The summed E-state index contributed by atoms with van der Waals surface area (Å²) in [6.07, 6.45) is 0. The third kappa shape index (κ3) is 5.60. The van der Waals surface area contributed by atoms with Crippen LogP contribution in [-0.2, 0) is 5.41 Å². The average Bonchev–Trinajstić information content (AvgIpc) is 4.10. The van der Waals surface area contributed by atoms with Gasteiger partial charge in [0.05, 0.1) is 16.6 Å². The number of nitrogens with zero attached hydrogens (tertiary/aromatic N) is 2. The van der Waals surface area contributed by atoms with Crippen LogP contribution in [-0.4, -0.2) is 4.40 Å². The number of fused-ring (bicyclic) bond motifs is 13. The summed E-state index contributed by atoms with van der Waals surface area (Å²) in [6, 6.07) is 78.8. The highest BCUT2D eigenvalue weighted by Crippen LogP contribution is 2.53. The Morgan fingerprint density at radius 1 is 0.403 bits per heavy atom. The topological polar surface area (TPSA) is 33.9 Å². The Balaban J connectivity index is 0.901. The van der Waals surface area contributed by atoms with Gasteiger partial charge >= 0.3 is 0 Å². The van der Waals surface area contributed by atoms with E-state index in [-0.39, 0.29) is 5.41 Å². The Morgan fingerprint density at radius 2 is 1.04 bits per heavy atom. The van der Waals surface area contributed by atoms with Gasteiger partial charge in [-0.2, -0.15) is 0 Å². The lowest BCUT2D eigenvalue weighted by Crippen LogP contribution is -2.16. The molecular formula is C63H42N2O2. The van der Waals surface area contributed by atoms with E-state index < -0.39 is 0 Å². The van der Waals surface area contributed by atoms with Crippen LogP contribution in [0.2, 0.25) is 0 Å². The zero-order chi connectivity index (χ0) is 44.4. The number of para-hydroxylation sites is 2. The van der Waals surface area contributed by atoms with Gasteiger partial charge in [-0.1, -0.05) is 166 Å². The van der Waals surface area contributed by atoms with Crippen molar-refractivity contribution in [3.05, 3.63) is 230 Å². The monoisotopic (exact) mass is 858 g/mol. The number of benzene rings is 10. The molecule has 0 N–H and O–H groups in total. The first-order valence-electron chi connectivity index (χ1n) is 23.1. The van der Waals surface area contributed by atoms with E-state index in [0.717, 1.165) is 78.0 Å². The molecule has 3 aromatic heterocycles. The fourth-order valence-corrected chi connectivity index (χ4v) is 11.2. The fraction of sp³-hybridized carbons (Fsp3) is 0.0476. The van der Waals surface area contributed by atoms with E-state index in [1.807, 2.05) is 0 Å². The summed E-state index contributed by atoms with van der Waals surface area (Å²) in [5.74, 6) is 0. The zero-order valence-corrected chi connectivity index (χ0v) is 37.0. The Labute approximate surface area is 387 Å². The summed E-state index contributed by atoms with van der Waals surface area (Å²) in [4.78, 5) is 2.38. The van der Waals surface area contributed by atoms with Gasteiger partial charge in [-0.05, 0) is 116 Å². The van der Waals surface area contributed by atoms with Gasteiger partial charge in [0.15, 0.2) is 5.58 Å². The van der Waals surface area contributed by atoms with Crippen molar-refractivity contribution in [2.45, 2.75) is 19.3 Å². The van der Waals surface area contributed by atoms with Crippen molar-refractivity contribution in [1.82, 2.24) is 4.40 Å². The van der Waals surface area contributed by atoms with E-state index in [1.54, 1.807) is 0 Å². The van der Waals surface area contributed by atoms with Crippen molar-refractivity contribution < 1.29 is 8.83 Å². The van der Waals surface area contributed by atoms with Crippen molar-refractivity contribution in [1.29, 1.82) is 0 Å². The highest BCUT2D eigenvalue weighted by Gasteiger charge is 2.37. The van der Waals surface area contributed by atoms with Crippen LogP contribution in [0.4, 0.5) is 17.1 Å². The van der Waals surface area contributed by atoms with Crippen molar-refractivity contribution in [3.8, 4) is 44.5 Å². The van der Waals surface area contributed by atoms with Crippen molar-refractivity contribution in [2.24, 2.45) is 0 Å². The van der Waals surface area contributed by atoms with Crippen LogP contribution in [0.5, 0.6) is 0 Å². The van der Waals surface area contributed by atoms with Crippen LogP contribution < -0.4 is 4.90 Å². The van der Waals surface area contributed by atoms with E-state index in [2.05, 4.69) is 242 Å². The molecule has 316 valence electrons. The van der Waals surface area contributed by atoms with Crippen LogP contribution in [0.3, 0.4) is 0 Å². The highest BCUT2D eigenvalue weighted by atomic mass is 16.3. The molecule has 0 aliphatic heterocycles. The van der Waals surface area contributed by atoms with Gasteiger partial charge < -0.3 is 13.7 Å². The zero-order valence-electron chi connectivity index (χ0n) is 37.0. The minimum absolute atomic E-state index is 0.288. The molecule has 0 spiro atoms. The van der Waals surface area contributed by atoms with Crippen molar-refractivity contribution in [2.75, 3.05) is 4.90 Å². The summed E-state index contributed by atoms with van der Waals surface area (Å²) >= 11 is 0. The molecule has 4 nitrogen and oxygen atoms in total. The predicted molar refractivity (Wildman–Crippen MR) is 278 cm³/mol. The van der Waals surface area contributed by atoms with E-state index in [4.69, 9.17) is 8.83 Å². The number of hydrogen-bond donors (Lipinski definition) is 0. The van der Waals surface area contributed by atoms with Gasteiger partial charge in [0.2, 0.25) is 5.71 Å². The number of oxazole rings is 1. The molecular weight excluding hydrogens is 817 g/mol. The normalized spacial score (nSPS) is 13.0. The minimum Gasteiger partial charge on any atom is -0.456 e. The molecule has 0 fully saturated rings. The van der Waals surface area contributed by atoms with Gasteiger partial charge in [-0.15, -0.1) is 0 Å². The number of rotatable bonds is 6. The number of hydrogen-bond acceptors (Lipinski definition) is 3. The quantitative estimate of drug-likeness (QED) is 0.167. The molecule has 0 saturated heterocycles. The lowest BCUT2D eigenvalue weighted by molar-refractivity contribution is 0.658. The number of furan rings is 1. The molecule has 0 amide bonds. The first kappa shape index (κ1) is 37.7. The second kappa shape index (κ2) is 14.2. The lowest BCUT2D eigenvalue weighted by atomic mass is 9.81. The molecule has 1 aliphatic rings. The molecule has 67 heavy (non-hydrogen) atoms. The average molecular weight is 859 g/mol. The Hall–Kier alpha value is -8.60. The molecule has 3 heterocycles. The fourth-order valence-electron chi connectivity index (χ4n) is 11.2. The number of aromatic nitrogens is 1. The molecule has 1 aliphatic carbocycles. The minimum atomic E-state index is -0.288. The maximum atomic E-state index is 6.82. The molecule has 0 saturated carbocycles. The van der Waals surface area contributed by atoms with Crippen LogP contribution in [0, 0.1) is 0 Å².